The Balaban J connectivity index is 1.84. The molecule has 3 rings (SSSR count). The molecule has 0 spiro atoms. The molecule has 0 bridgehead atoms. The molecule has 0 radical (unpaired) electrons. The summed E-state index contributed by atoms with van der Waals surface area (Å²) in [6, 6.07) is 1.64. The summed E-state index contributed by atoms with van der Waals surface area (Å²) >= 11 is 0. The lowest BCUT2D eigenvalue weighted by atomic mass is 9.83. The van der Waals surface area contributed by atoms with E-state index < -0.39 is 11.8 Å². The number of hydrogen-bond donors (Lipinski definition) is 1. The van der Waals surface area contributed by atoms with Crippen molar-refractivity contribution in [1.29, 1.82) is 0 Å². The normalized spacial score (nSPS) is 20.0. The molecule has 1 aromatic rings. The Bertz CT molecular complexity index is 678. The van der Waals surface area contributed by atoms with E-state index in [1.54, 1.807) is 30.6 Å². The molecule has 0 atom stereocenters. The molecular weight excluding hydrogens is 316 g/mol. The molecule has 1 saturated carbocycles. The molecule has 0 aromatic carbocycles. The summed E-state index contributed by atoms with van der Waals surface area (Å²) in [5.74, 6) is -3.11. The molecule has 1 aliphatic carbocycles. The van der Waals surface area contributed by atoms with Crippen LogP contribution in [0.1, 0.15) is 41.7 Å². The fourth-order valence-electron chi connectivity index (χ4n) is 3.12. The highest BCUT2D eigenvalue weighted by molar-refractivity contribution is 5.99. The first-order valence-corrected chi connectivity index (χ1v) is 7.91. The number of carbonyl (C=O) groups excluding carboxylic acids is 1. The van der Waals surface area contributed by atoms with Crippen LogP contribution in [0.15, 0.2) is 36.9 Å². The van der Waals surface area contributed by atoms with Crippen LogP contribution in [0.4, 0.5) is 14.5 Å². The van der Waals surface area contributed by atoms with Crippen molar-refractivity contribution in [2.24, 2.45) is 11.7 Å². The van der Waals surface area contributed by atoms with Gasteiger partial charge in [-0.1, -0.05) is 0 Å². The van der Waals surface area contributed by atoms with Crippen LogP contribution in [0.3, 0.4) is 0 Å². The van der Waals surface area contributed by atoms with Gasteiger partial charge in [0.2, 0.25) is 5.92 Å². The highest BCUT2D eigenvalue weighted by Gasteiger charge is 2.35. The number of amides is 1. The standard InChI is InChI=1S/C17H19F2N3O2/c18-17(19)6-3-12(4-7-17)11-13-15(16(20)23)14(5-8-21-13)22-9-1-2-10-24-22/h1-2,5,8-10,12H,3-4,6-7,11H2,(H2,20,23). The van der Waals surface area contributed by atoms with E-state index in [1.165, 1.54) is 11.3 Å². The number of primary amides is 1. The quantitative estimate of drug-likeness (QED) is 0.916. The molecule has 1 fully saturated rings. The van der Waals surface area contributed by atoms with Gasteiger partial charge in [-0.15, -0.1) is 0 Å². The molecule has 1 aromatic heterocycles. The number of allylic oxidation sites excluding steroid dienone is 2. The maximum atomic E-state index is 13.3. The van der Waals surface area contributed by atoms with Gasteiger partial charge in [0.25, 0.3) is 5.91 Å². The van der Waals surface area contributed by atoms with E-state index >= 15 is 0 Å². The predicted molar refractivity (Wildman–Crippen MR) is 85.2 cm³/mol. The van der Waals surface area contributed by atoms with Crippen LogP contribution in [0.25, 0.3) is 0 Å². The summed E-state index contributed by atoms with van der Waals surface area (Å²) in [6.07, 6.45) is 9.24. The maximum Gasteiger partial charge on any atom is 0.252 e. The van der Waals surface area contributed by atoms with Crippen molar-refractivity contribution in [3.8, 4) is 0 Å². The lowest BCUT2D eigenvalue weighted by Crippen LogP contribution is -2.27. The second-order valence-corrected chi connectivity index (χ2v) is 6.12. The van der Waals surface area contributed by atoms with Gasteiger partial charge in [0.1, 0.15) is 6.26 Å². The first kappa shape index (κ1) is 16.4. The van der Waals surface area contributed by atoms with Crippen LogP contribution in [-0.2, 0) is 11.3 Å². The monoisotopic (exact) mass is 335 g/mol. The molecule has 2 aliphatic rings. The van der Waals surface area contributed by atoms with Crippen molar-refractivity contribution in [2.75, 3.05) is 5.06 Å². The van der Waals surface area contributed by atoms with Crippen molar-refractivity contribution in [1.82, 2.24) is 4.98 Å². The van der Waals surface area contributed by atoms with Gasteiger partial charge >= 0.3 is 0 Å². The Labute approximate surface area is 138 Å². The summed E-state index contributed by atoms with van der Waals surface area (Å²) in [4.78, 5) is 21.6. The van der Waals surface area contributed by atoms with E-state index in [-0.39, 0.29) is 24.3 Å². The zero-order valence-corrected chi connectivity index (χ0v) is 13.1. The van der Waals surface area contributed by atoms with Crippen LogP contribution in [0.5, 0.6) is 0 Å². The average molecular weight is 335 g/mol. The molecule has 1 aliphatic heterocycles. The summed E-state index contributed by atoms with van der Waals surface area (Å²) in [5.41, 5.74) is 6.84. The topological polar surface area (TPSA) is 68.5 Å². The van der Waals surface area contributed by atoms with Crippen LogP contribution in [-0.4, -0.2) is 16.8 Å². The Hall–Kier alpha value is -2.44. The fourth-order valence-corrected chi connectivity index (χ4v) is 3.12. The van der Waals surface area contributed by atoms with Crippen molar-refractivity contribution < 1.29 is 18.4 Å². The highest BCUT2D eigenvalue weighted by Crippen LogP contribution is 2.38. The third-order valence-electron chi connectivity index (χ3n) is 4.40. The van der Waals surface area contributed by atoms with Crippen molar-refractivity contribution in [3.63, 3.8) is 0 Å². The number of alkyl halides is 2. The van der Waals surface area contributed by atoms with Gasteiger partial charge in [0.05, 0.1) is 16.9 Å². The molecule has 0 unspecified atom stereocenters. The van der Waals surface area contributed by atoms with Crippen molar-refractivity contribution in [3.05, 3.63) is 48.1 Å². The minimum atomic E-state index is -2.57. The molecule has 0 saturated heterocycles. The van der Waals surface area contributed by atoms with Crippen LogP contribution in [0, 0.1) is 5.92 Å². The molecule has 5 nitrogen and oxygen atoms in total. The lowest BCUT2D eigenvalue weighted by molar-refractivity contribution is -0.0457. The van der Waals surface area contributed by atoms with Crippen LogP contribution >= 0.6 is 0 Å². The molecule has 1 amide bonds. The number of pyridine rings is 1. The zero-order valence-electron chi connectivity index (χ0n) is 13.1. The van der Waals surface area contributed by atoms with E-state index in [1.807, 2.05) is 0 Å². The number of hydroxylamine groups is 1. The second-order valence-electron chi connectivity index (χ2n) is 6.12. The smallest absolute Gasteiger partial charge is 0.252 e. The molecule has 128 valence electrons. The van der Waals surface area contributed by atoms with Crippen molar-refractivity contribution in [2.45, 2.75) is 38.0 Å². The summed E-state index contributed by atoms with van der Waals surface area (Å²) in [6.45, 7) is 0. The van der Waals surface area contributed by atoms with Gasteiger partial charge in [-0.25, -0.2) is 8.78 Å². The number of halogens is 2. The number of hydrogen-bond acceptors (Lipinski definition) is 4. The number of nitrogens with zero attached hydrogens (tertiary/aromatic N) is 2. The third kappa shape index (κ3) is 3.55. The van der Waals surface area contributed by atoms with Gasteiger partial charge in [-0.2, -0.15) is 5.06 Å². The number of carbonyl (C=O) groups is 1. The Morgan fingerprint density at radius 3 is 2.75 bits per heavy atom. The summed E-state index contributed by atoms with van der Waals surface area (Å²) in [7, 11) is 0. The number of rotatable bonds is 4. The van der Waals surface area contributed by atoms with E-state index in [0.717, 1.165) is 0 Å². The SMILES string of the molecule is NC(=O)c1c(N2C=CC=CO2)ccnc1CC1CCC(F)(F)CC1. The summed E-state index contributed by atoms with van der Waals surface area (Å²) < 4.78 is 26.6. The lowest BCUT2D eigenvalue weighted by Gasteiger charge is -2.29. The zero-order chi connectivity index (χ0) is 17.2. The Kier molecular flexibility index (Phi) is 4.51. The highest BCUT2D eigenvalue weighted by atomic mass is 19.3. The predicted octanol–water partition coefficient (Wildman–Crippen LogP) is 3.33. The van der Waals surface area contributed by atoms with Gasteiger partial charge in [-0.3, -0.25) is 9.78 Å². The minimum absolute atomic E-state index is 0.0724. The van der Waals surface area contributed by atoms with Gasteiger partial charge in [0.15, 0.2) is 0 Å². The second kappa shape index (κ2) is 6.59. The molecule has 24 heavy (non-hydrogen) atoms. The molecule has 2 heterocycles. The first-order valence-electron chi connectivity index (χ1n) is 7.91. The van der Waals surface area contributed by atoms with E-state index in [9.17, 15) is 13.6 Å². The van der Waals surface area contributed by atoms with E-state index in [2.05, 4.69) is 4.98 Å². The molecule has 7 heteroatoms. The fraction of sp³-hybridized carbons (Fsp3) is 0.412. The molecular formula is C17H19F2N3O2. The van der Waals surface area contributed by atoms with Crippen molar-refractivity contribution >= 4 is 11.6 Å². The maximum absolute atomic E-state index is 13.3. The summed E-state index contributed by atoms with van der Waals surface area (Å²) in [5, 5.41) is 1.43. The number of anilines is 1. The number of nitrogens with two attached hydrogens (primary N) is 1. The first-order chi connectivity index (χ1) is 11.5. The van der Waals surface area contributed by atoms with Crippen LogP contribution in [0.2, 0.25) is 0 Å². The van der Waals surface area contributed by atoms with Crippen LogP contribution < -0.4 is 10.8 Å². The number of aromatic nitrogens is 1. The van der Waals surface area contributed by atoms with E-state index in [4.69, 9.17) is 10.6 Å². The average Bonchev–Trinajstić information content (AvgIpc) is 2.57. The largest absolute Gasteiger partial charge is 0.383 e. The Morgan fingerprint density at radius 2 is 2.12 bits per heavy atom. The van der Waals surface area contributed by atoms with Gasteiger partial charge < -0.3 is 10.6 Å². The molecule has 2 N–H and O–H groups in total. The van der Waals surface area contributed by atoms with Gasteiger partial charge in [-0.05, 0) is 43.4 Å². The third-order valence-corrected chi connectivity index (χ3v) is 4.40. The minimum Gasteiger partial charge on any atom is -0.383 e. The van der Waals surface area contributed by atoms with Gasteiger partial charge in [0, 0.05) is 25.2 Å². The Morgan fingerprint density at radius 1 is 1.38 bits per heavy atom. The van der Waals surface area contributed by atoms with E-state index in [0.29, 0.717) is 30.6 Å².